The molecule has 21 heavy (non-hydrogen) atoms. The monoisotopic (exact) mass is 378 g/mol. The molecule has 0 aliphatic heterocycles. The Hall–Kier alpha value is -1.50. The number of carbonyl (C=O) groups is 1. The minimum Gasteiger partial charge on any atom is -0.321 e. The van der Waals surface area contributed by atoms with E-state index in [0.717, 1.165) is 25.6 Å². The average Bonchev–Trinajstić information content (AvgIpc) is 3.12. The minimum absolute atomic E-state index is 0.184. The standard InChI is InChI=1S/C15H11BrN2OS2/c1-9-7-10(4-5-11(9)16)17-14(19)12-8-21-15(18-12)13-3-2-6-20-13/h2-8H,1H3,(H,17,19). The number of rotatable bonds is 3. The fourth-order valence-corrected chi connectivity index (χ4v) is 3.67. The van der Waals surface area contributed by atoms with Gasteiger partial charge in [-0.1, -0.05) is 22.0 Å². The SMILES string of the molecule is Cc1cc(NC(=O)c2csc(-c3cccs3)n2)ccc1Br. The first kappa shape index (κ1) is 14.4. The summed E-state index contributed by atoms with van der Waals surface area (Å²) in [5.74, 6) is -0.184. The van der Waals surface area contributed by atoms with Gasteiger partial charge in [-0.2, -0.15) is 0 Å². The van der Waals surface area contributed by atoms with E-state index in [1.807, 2.05) is 42.6 Å². The average molecular weight is 379 g/mol. The predicted molar refractivity (Wildman–Crippen MR) is 92.3 cm³/mol. The molecular weight excluding hydrogens is 368 g/mol. The summed E-state index contributed by atoms with van der Waals surface area (Å²) < 4.78 is 1.02. The lowest BCUT2D eigenvalue weighted by molar-refractivity contribution is 0.102. The molecule has 0 bridgehead atoms. The summed E-state index contributed by atoms with van der Waals surface area (Å²) >= 11 is 6.55. The second-order valence-corrected chi connectivity index (χ2v) is 7.09. The van der Waals surface area contributed by atoms with Crippen LogP contribution in [0.5, 0.6) is 0 Å². The zero-order valence-corrected chi connectivity index (χ0v) is 14.3. The molecule has 3 nitrogen and oxygen atoms in total. The number of hydrogen-bond donors (Lipinski definition) is 1. The number of nitrogens with zero attached hydrogens (tertiary/aromatic N) is 1. The summed E-state index contributed by atoms with van der Waals surface area (Å²) in [6.45, 7) is 1.98. The highest BCUT2D eigenvalue weighted by Gasteiger charge is 2.12. The summed E-state index contributed by atoms with van der Waals surface area (Å²) in [5.41, 5.74) is 2.29. The number of anilines is 1. The molecule has 6 heteroatoms. The van der Waals surface area contributed by atoms with E-state index in [1.165, 1.54) is 11.3 Å². The van der Waals surface area contributed by atoms with Gasteiger partial charge in [-0.05, 0) is 42.1 Å². The van der Waals surface area contributed by atoms with Crippen molar-refractivity contribution in [1.29, 1.82) is 0 Å². The van der Waals surface area contributed by atoms with Crippen LogP contribution in [0, 0.1) is 6.92 Å². The van der Waals surface area contributed by atoms with Crippen LogP contribution in [-0.4, -0.2) is 10.9 Å². The van der Waals surface area contributed by atoms with Crippen molar-refractivity contribution in [3.63, 3.8) is 0 Å². The van der Waals surface area contributed by atoms with E-state index in [9.17, 15) is 4.79 Å². The Labute approximate surface area is 138 Å². The molecule has 1 amide bonds. The predicted octanol–water partition coefficient (Wildman–Crippen LogP) is 5.19. The number of benzene rings is 1. The summed E-state index contributed by atoms with van der Waals surface area (Å²) in [7, 11) is 0. The Morgan fingerprint density at radius 3 is 2.86 bits per heavy atom. The van der Waals surface area contributed by atoms with Crippen LogP contribution in [-0.2, 0) is 0 Å². The van der Waals surface area contributed by atoms with Crippen molar-refractivity contribution >= 4 is 50.2 Å². The van der Waals surface area contributed by atoms with Gasteiger partial charge < -0.3 is 5.32 Å². The van der Waals surface area contributed by atoms with Crippen molar-refractivity contribution < 1.29 is 4.79 Å². The van der Waals surface area contributed by atoms with Gasteiger partial charge >= 0.3 is 0 Å². The third-order valence-corrected chi connectivity index (χ3v) is 5.66. The lowest BCUT2D eigenvalue weighted by Gasteiger charge is -2.05. The van der Waals surface area contributed by atoms with E-state index in [0.29, 0.717) is 5.69 Å². The van der Waals surface area contributed by atoms with Gasteiger partial charge in [0, 0.05) is 15.5 Å². The third kappa shape index (κ3) is 3.23. The van der Waals surface area contributed by atoms with Gasteiger partial charge in [0.25, 0.3) is 5.91 Å². The number of thiazole rings is 1. The maximum absolute atomic E-state index is 12.2. The highest BCUT2D eigenvalue weighted by atomic mass is 79.9. The summed E-state index contributed by atoms with van der Waals surface area (Å²) in [6, 6.07) is 9.69. The Bertz CT molecular complexity index is 781. The van der Waals surface area contributed by atoms with Gasteiger partial charge in [-0.3, -0.25) is 4.79 Å². The molecule has 0 atom stereocenters. The van der Waals surface area contributed by atoms with Crippen LogP contribution < -0.4 is 5.32 Å². The number of aryl methyl sites for hydroxylation is 1. The Morgan fingerprint density at radius 1 is 1.29 bits per heavy atom. The van der Waals surface area contributed by atoms with Crippen molar-refractivity contribution in [2.75, 3.05) is 5.32 Å². The molecule has 0 unspecified atom stereocenters. The maximum atomic E-state index is 12.2. The topological polar surface area (TPSA) is 42.0 Å². The highest BCUT2D eigenvalue weighted by molar-refractivity contribution is 9.10. The van der Waals surface area contributed by atoms with Crippen LogP contribution in [0.3, 0.4) is 0 Å². The molecule has 106 valence electrons. The second kappa shape index (κ2) is 6.09. The van der Waals surface area contributed by atoms with E-state index >= 15 is 0 Å². The number of thiophene rings is 1. The molecule has 0 saturated heterocycles. The summed E-state index contributed by atoms with van der Waals surface area (Å²) in [6.07, 6.45) is 0. The van der Waals surface area contributed by atoms with Gasteiger partial charge in [0.2, 0.25) is 0 Å². The lowest BCUT2D eigenvalue weighted by atomic mass is 10.2. The fourth-order valence-electron chi connectivity index (χ4n) is 1.81. The third-order valence-electron chi connectivity index (χ3n) is 2.88. The van der Waals surface area contributed by atoms with Gasteiger partial charge in [-0.15, -0.1) is 22.7 Å². The normalized spacial score (nSPS) is 10.6. The number of amides is 1. The quantitative estimate of drug-likeness (QED) is 0.680. The summed E-state index contributed by atoms with van der Waals surface area (Å²) in [5, 5.41) is 7.54. The molecule has 0 aliphatic carbocycles. The fraction of sp³-hybridized carbons (Fsp3) is 0.0667. The number of halogens is 1. The zero-order chi connectivity index (χ0) is 14.8. The lowest BCUT2D eigenvalue weighted by Crippen LogP contribution is -2.12. The molecule has 1 N–H and O–H groups in total. The van der Waals surface area contributed by atoms with Crippen molar-refractivity contribution in [2.24, 2.45) is 0 Å². The zero-order valence-electron chi connectivity index (χ0n) is 11.1. The molecule has 2 aromatic heterocycles. The first-order valence-corrected chi connectivity index (χ1v) is 8.75. The molecule has 1 aromatic carbocycles. The van der Waals surface area contributed by atoms with E-state index in [2.05, 4.69) is 26.2 Å². The second-order valence-electron chi connectivity index (χ2n) is 4.43. The molecular formula is C15H11BrN2OS2. The van der Waals surface area contributed by atoms with Crippen LogP contribution in [0.2, 0.25) is 0 Å². The number of hydrogen-bond acceptors (Lipinski definition) is 4. The van der Waals surface area contributed by atoms with Crippen molar-refractivity contribution in [3.05, 3.63) is 56.8 Å². The van der Waals surface area contributed by atoms with Crippen LogP contribution in [0.4, 0.5) is 5.69 Å². The van der Waals surface area contributed by atoms with E-state index in [-0.39, 0.29) is 5.91 Å². The van der Waals surface area contributed by atoms with E-state index < -0.39 is 0 Å². The molecule has 0 saturated carbocycles. The summed E-state index contributed by atoms with van der Waals surface area (Å²) in [4.78, 5) is 17.7. The Morgan fingerprint density at radius 2 is 2.14 bits per heavy atom. The highest BCUT2D eigenvalue weighted by Crippen LogP contribution is 2.28. The van der Waals surface area contributed by atoms with Gasteiger partial charge in [-0.25, -0.2) is 4.98 Å². The smallest absolute Gasteiger partial charge is 0.275 e. The van der Waals surface area contributed by atoms with Crippen LogP contribution in [0.1, 0.15) is 16.1 Å². The molecule has 2 heterocycles. The van der Waals surface area contributed by atoms with Crippen LogP contribution in [0.25, 0.3) is 9.88 Å². The van der Waals surface area contributed by atoms with Gasteiger partial charge in [0.1, 0.15) is 10.7 Å². The van der Waals surface area contributed by atoms with Crippen LogP contribution in [0.15, 0.2) is 45.6 Å². The number of carbonyl (C=O) groups excluding carboxylic acids is 1. The van der Waals surface area contributed by atoms with E-state index in [1.54, 1.807) is 16.7 Å². The Balaban J connectivity index is 1.78. The largest absolute Gasteiger partial charge is 0.321 e. The minimum atomic E-state index is -0.184. The molecule has 0 spiro atoms. The van der Waals surface area contributed by atoms with Crippen molar-refractivity contribution in [1.82, 2.24) is 4.98 Å². The van der Waals surface area contributed by atoms with Gasteiger partial charge in [0.05, 0.1) is 4.88 Å². The van der Waals surface area contributed by atoms with Crippen molar-refractivity contribution in [3.8, 4) is 9.88 Å². The van der Waals surface area contributed by atoms with Crippen molar-refractivity contribution in [2.45, 2.75) is 6.92 Å². The van der Waals surface area contributed by atoms with Crippen LogP contribution >= 0.6 is 38.6 Å². The number of nitrogens with one attached hydrogen (secondary N) is 1. The number of aromatic nitrogens is 1. The molecule has 0 fully saturated rings. The first-order valence-electron chi connectivity index (χ1n) is 6.20. The first-order chi connectivity index (χ1) is 10.1. The maximum Gasteiger partial charge on any atom is 0.275 e. The molecule has 3 aromatic rings. The van der Waals surface area contributed by atoms with Gasteiger partial charge in [0.15, 0.2) is 0 Å². The van der Waals surface area contributed by atoms with E-state index in [4.69, 9.17) is 0 Å². The Kier molecular flexibility index (Phi) is 4.19. The molecule has 0 aliphatic rings. The molecule has 3 rings (SSSR count). The molecule has 0 radical (unpaired) electrons.